The van der Waals surface area contributed by atoms with Crippen molar-refractivity contribution in [1.82, 2.24) is 4.90 Å². The van der Waals surface area contributed by atoms with Crippen LogP contribution in [0.25, 0.3) is 0 Å². The predicted octanol–water partition coefficient (Wildman–Crippen LogP) is 3.25. The van der Waals surface area contributed by atoms with Crippen molar-refractivity contribution in [2.24, 2.45) is 0 Å². The van der Waals surface area contributed by atoms with Gasteiger partial charge in [0.1, 0.15) is 0 Å². The average molecular weight is 244 g/mol. The highest BCUT2D eigenvalue weighted by atomic mass is 35.5. The number of allylic oxidation sites excluding steroid dienone is 1. The van der Waals surface area contributed by atoms with Crippen LogP contribution < -0.4 is 0 Å². The molecule has 2 nitrogen and oxygen atoms in total. The van der Waals surface area contributed by atoms with Crippen LogP contribution in [0.1, 0.15) is 10.4 Å². The summed E-state index contributed by atoms with van der Waals surface area (Å²) < 4.78 is 0. The smallest absolute Gasteiger partial charge is 0.188 e. The highest BCUT2D eigenvalue weighted by Crippen LogP contribution is 2.25. The molecule has 0 aliphatic rings. The summed E-state index contributed by atoms with van der Waals surface area (Å²) in [4.78, 5) is 13.4. The van der Waals surface area contributed by atoms with Crippen LogP contribution in [-0.4, -0.2) is 24.8 Å². The quantitative estimate of drug-likeness (QED) is 0.600. The zero-order chi connectivity index (χ0) is 11.4. The van der Waals surface area contributed by atoms with E-state index in [9.17, 15) is 4.79 Å². The zero-order valence-corrected chi connectivity index (χ0v) is 10.0. The van der Waals surface area contributed by atoms with Gasteiger partial charge in [-0.1, -0.05) is 29.3 Å². The van der Waals surface area contributed by atoms with E-state index < -0.39 is 0 Å². The molecule has 0 bridgehead atoms. The number of carbonyl (C=O) groups excluding carboxylic acids is 1. The zero-order valence-electron chi connectivity index (χ0n) is 8.50. The third kappa shape index (κ3) is 3.26. The molecule has 80 valence electrons. The van der Waals surface area contributed by atoms with Gasteiger partial charge in [0.15, 0.2) is 5.78 Å². The molecule has 1 aromatic rings. The highest BCUT2D eigenvalue weighted by molar-refractivity contribution is 6.44. The topological polar surface area (TPSA) is 20.3 Å². The molecular weight excluding hydrogens is 233 g/mol. The van der Waals surface area contributed by atoms with Crippen LogP contribution >= 0.6 is 23.2 Å². The normalized spacial score (nSPS) is 10.7. The third-order valence-electron chi connectivity index (χ3n) is 1.74. The van der Waals surface area contributed by atoms with Crippen LogP contribution in [0.4, 0.5) is 0 Å². The Morgan fingerprint density at radius 3 is 2.60 bits per heavy atom. The Kier molecular flexibility index (Phi) is 4.18. The van der Waals surface area contributed by atoms with Gasteiger partial charge in [-0.15, -0.1) is 0 Å². The van der Waals surface area contributed by atoms with Gasteiger partial charge in [0.2, 0.25) is 0 Å². The fourth-order valence-corrected chi connectivity index (χ4v) is 1.39. The van der Waals surface area contributed by atoms with Gasteiger partial charge < -0.3 is 4.90 Å². The summed E-state index contributed by atoms with van der Waals surface area (Å²) in [6.45, 7) is 0. The molecule has 0 heterocycles. The number of ketones is 1. The second-order valence-corrected chi connectivity index (χ2v) is 4.03. The van der Waals surface area contributed by atoms with Crippen molar-refractivity contribution in [3.63, 3.8) is 0 Å². The summed E-state index contributed by atoms with van der Waals surface area (Å²) in [6.07, 6.45) is 3.12. The number of nitrogens with zero attached hydrogens (tertiary/aromatic N) is 1. The molecule has 0 aliphatic heterocycles. The number of hydrogen-bond acceptors (Lipinski definition) is 2. The van der Waals surface area contributed by atoms with Gasteiger partial charge in [0, 0.05) is 31.9 Å². The van der Waals surface area contributed by atoms with E-state index in [4.69, 9.17) is 23.2 Å². The van der Waals surface area contributed by atoms with E-state index in [1.54, 1.807) is 29.3 Å². The molecule has 0 N–H and O–H groups in total. The standard InChI is InChI=1S/C11H11Cl2NO/c1-14(2)7-6-10(15)8-4-3-5-9(12)11(8)13/h3-7H,1-2H3/b7-6+. The lowest BCUT2D eigenvalue weighted by Gasteiger charge is -2.04. The summed E-state index contributed by atoms with van der Waals surface area (Å²) >= 11 is 11.7. The van der Waals surface area contributed by atoms with E-state index in [1.165, 1.54) is 6.08 Å². The summed E-state index contributed by atoms with van der Waals surface area (Å²) in [6, 6.07) is 5.00. The van der Waals surface area contributed by atoms with Gasteiger partial charge in [-0.3, -0.25) is 4.79 Å². The molecule has 0 fully saturated rings. The Labute approximate surface area is 99.1 Å². The largest absolute Gasteiger partial charge is 0.383 e. The second-order valence-electron chi connectivity index (χ2n) is 3.24. The molecule has 0 saturated carbocycles. The first-order chi connectivity index (χ1) is 7.02. The first kappa shape index (κ1) is 12.1. The van der Waals surface area contributed by atoms with Crippen molar-refractivity contribution < 1.29 is 4.79 Å². The lowest BCUT2D eigenvalue weighted by atomic mass is 10.1. The van der Waals surface area contributed by atoms with Crippen LogP contribution in [0.15, 0.2) is 30.5 Å². The van der Waals surface area contributed by atoms with Crippen molar-refractivity contribution in [3.8, 4) is 0 Å². The molecule has 0 radical (unpaired) electrons. The molecule has 15 heavy (non-hydrogen) atoms. The summed E-state index contributed by atoms with van der Waals surface area (Å²) in [5.41, 5.74) is 0.419. The average Bonchev–Trinajstić information content (AvgIpc) is 2.18. The van der Waals surface area contributed by atoms with Gasteiger partial charge in [-0.25, -0.2) is 0 Å². The van der Waals surface area contributed by atoms with E-state index in [-0.39, 0.29) is 5.78 Å². The fourth-order valence-electron chi connectivity index (χ4n) is 1.00. The van der Waals surface area contributed by atoms with Crippen molar-refractivity contribution >= 4 is 29.0 Å². The fraction of sp³-hybridized carbons (Fsp3) is 0.182. The Balaban J connectivity index is 2.97. The Bertz CT molecular complexity index is 400. The van der Waals surface area contributed by atoms with Crippen molar-refractivity contribution in [2.45, 2.75) is 0 Å². The molecule has 1 rings (SSSR count). The van der Waals surface area contributed by atoms with Crippen LogP contribution in [0.2, 0.25) is 10.0 Å². The van der Waals surface area contributed by atoms with E-state index in [1.807, 2.05) is 14.1 Å². The maximum Gasteiger partial charge on any atom is 0.188 e. The van der Waals surface area contributed by atoms with E-state index in [2.05, 4.69) is 0 Å². The van der Waals surface area contributed by atoms with E-state index >= 15 is 0 Å². The predicted molar refractivity (Wildman–Crippen MR) is 63.6 cm³/mol. The molecular formula is C11H11Cl2NO. The lowest BCUT2D eigenvalue weighted by Crippen LogP contribution is -2.03. The van der Waals surface area contributed by atoms with Crippen LogP contribution in [0.5, 0.6) is 0 Å². The minimum Gasteiger partial charge on any atom is -0.383 e. The van der Waals surface area contributed by atoms with Crippen LogP contribution in [-0.2, 0) is 0 Å². The van der Waals surface area contributed by atoms with Gasteiger partial charge in [0.25, 0.3) is 0 Å². The third-order valence-corrected chi connectivity index (χ3v) is 2.56. The number of hydrogen-bond donors (Lipinski definition) is 0. The van der Waals surface area contributed by atoms with Crippen molar-refractivity contribution in [2.75, 3.05) is 14.1 Å². The molecule has 1 aromatic carbocycles. The SMILES string of the molecule is CN(C)/C=C/C(=O)c1cccc(Cl)c1Cl. The van der Waals surface area contributed by atoms with Crippen LogP contribution in [0, 0.1) is 0 Å². The Morgan fingerprint density at radius 2 is 2.00 bits per heavy atom. The van der Waals surface area contributed by atoms with Crippen molar-refractivity contribution in [3.05, 3.63) is 46.1 Å². The molecule has 0 aliphatic carbocycles. The molecule has 4 heteroatoms. The maximum absolute atomic E-state index is 11.7. The number of carbonyl (C=O) groups is 1. The second kappa shape index (κ2) is 5.19. The Morgan fingerprint density at radius 1 is 1.33 bits per heavy atom. The number of rotatable bonds is 3. The number of halogens is 2. The summed E-state index contributed by atoms with van der Waals surface area (Å²) in [5, 5.41) is 0.688. The first-order valence-corrected chi connectivity index (χ1v) is 5.11. The van der Waals surface area contributed by atoms with Gasteiger partial charge in [-0.05, 0) is 12.1 Å². The van der Waals surface area contributed by atoms with Gasteiger partial charge >= 0.3 is 0 Å². The lowest BCUT2D eigenvalue weighted by molar-refractivity contribution is 0.104. The molecule has 0 unspecified atom stereocenters. The molecule has 0 atom stereocenters. The first-order valence-electron chi connectivity index (χ1n) is 4.35. The van der Waals surface area contributed by atoms with E-state index in [0.29, 0.717) is 15.6 Å². The van der Waals surface area contributed by atoms with Gasteiger partial charge in [-0.2, -0.15) is 0 Å². The minimum atomic E-state index is -0.156. The molecule has 0 amide bonds. The number of benzene rings is 1. The maximum atomic E-state index is 11.7. The van der Waals surface area contributed by atoms with Crippen LogP contribution in [0.3, 0.4) is 0 Å². The summed E-state index contributed by atoms with van der Waals surface area (Å²) in [5.74, 6) is -0.156. The molecule has 0 saturated heterocycles. The summed E-state index contributed by atoms with van der Waals surface area (Å²) in [7, 11) is 3.67. The van der Waals surface area contributed by atoms with E-state index in [0.717, 1.165) is 0 Å². The van der Waals surface area contributed by atoms with Gasteiger partial charge in [0.05, 0.1) is 10.0 Å². The minimum absolute atomic E-state index is 0.156. The Hall–Kier alpha value is -0.990. The highest BCUT2D eigenvalue weighted by Gasteiger charge is 2.09. The monoisotopic (exact) mass is 243 g/mol. The molecule has 0 spiro atoms. The van der Waals surface area contributed by atoms with Crippen molar-refractivity contribution in [1.29, 1.82) is 0 Å². The molecule has 0 aromatic heterocycles.